The Kier molecular flexibility index (Phi) is 9.28. The van der Waals surface area contributed by atoms with Gasteiger partial charge in [-0.2, -0.15) is 0 Å². The van der Waals surface area contributed by atoms with Crippen molar-refractivity contribution in [3.05, 3.63) is 23.3 Å². The third kappa shape index (κ3) is 7.75. The van der Waals surface area contributed by atoms with Crippen molar-refractivity contribution >= 4 is 0 Å². The van der Waals surface area contributed by atoms with E-state index in [0.29, 0.717) is 6.61 Å². The summed E-state index contributed by atoms with van der Waals surface area (Å²) in [6, 6.07) is 0. The SMILES string of the molecule is CC1=C[C@H](/C=C(\C)COC2CCCCO2)O[C@@H]1CCCCC#CCO. The summed E-state index contributed by atoms with van der Waals surface area (Å²) in [5.41, 5.74) is 2.50. The number of hydrogen-bond donors (Lipinski definition) is 1. The fourth-order valence-electron chi connectivity index (χ4n) is 3.17. The Morgan fingerprint density at radius 2 is 2.24 bits per heavy atom. The van der Waals surface area contributed by atoms with Gasteiger partial charge in [-0.05, 0) is 63.5 Å². The van der Waals surface area contributed by atoms with Crippen molar-refractivity contribution in [2.45, 2.75) is 77.3 Å². The molecule has 140 valence electrons. The van der Waals surface area contributed by atoms with Gasteiger partial charge in [0, 0.05) is 13.0 Å². The maximum absolute atomic E-state index is 8.62. The summed E-state index contributed by atoms with van der Waals surface area (Å²) >= 11 is 0. The van der Waals surface area contributed by atoms with Crippen LogP contribution in [0.3, 0.4) is 0 Å². The van der Waals surface area contributed by atoms with Gasteiger partial charge < -0.3 is 19.3 Å². The molecule has 0 radical (unpaired) electrons. The first kappa shape index (κ1) is 20.2. The number of hydrogen-bond acceptors (Lipinski definition) is 4. The van der Waals surface area contributed by atoms with Gasteiger partial charge in [0.05, 0.1) is 18.8 Å². The molecule has 4 heteroatoms. The van der Waals surface area contributed by atoms with Crippen molar-refractivity contribution in [2.24, 2.45) is 0 Å². The Bertz CT molecular complexity index is 506. The van der Waals surface area contributed by atoms with Gasteiger partial charge in [0.25, 0.3) is 0 Å². The Morgan fingerprint density at radius 3 is 3.00 bits per heavy atom. The van der Waals surface area contributed by atoms with Crippen LogP contribution in [0.15, 0.2) is 23.3 Å². The van der Waals surface area contributed by atoms with Gasteiger partial charge in [-0.25, -0.2) is 0 Å². The zero-order valence-electron chi connectivity index (χ0n) is 15.6. The third-order valence-electron chi connectivity index (χ3n) is 4.56. The summed E-state index contributed by atoms with van der Waals surface area (Å²) in [5.74, 6) is 5.64. The standard InChI is InChI=1S/C21H32O4/c1-17(16-24-21-11-7-9-13-23-21)14-19-15-18(2)20(25-19)10-6-4-3-5-8-12-22/h14-15,19-22H,3-4,6-7,9-13,16H2,1-2H3/b17-14+/t19-,20+,21?/m0/s1. The van der Waals surface area contributed by atoms with Crippen LogP contribution in [0.4, 0.5) is 0 Å². The minimum Gasteiger partial charge on any atom is -0.384 e. The lowest BCUT2D eigenvalue weighted by Gasteiger charge is -2.23. The van der Waals surface area contributed by atoms with Crippen LogP contribution in [-0.2, 0) is 14.2 Å². The average Bonchev–Trinajstić information content (AvgIpc) is 2.96. The van der Waals surface area contributed by atoms with Crippen LogP contribution in [0, 0.1) is 11.8 Å². The normalized spacial score (nSPS) is 26.9. The van der Waals surface area contributed by atoms with E-state index in [4.69, 9.17) is 19.3 Å². The van der Waals surface area contributed by atoms with E-state index in [9.17, 15) is 0 Å². The van der Waals surface area contributed by atoms with E-state index in [0.717, 1.165) is 45.1 Å². The topological polar surface area (TPSA) is 47.9 Å². The van der Waals surface area contributed by atoms with Gasteiger partial charge in [-0.15, -0.1) is 5.92 Å². The minimum absolute atomic E-state index is 0.0412. The number of ether oxygens (including phenoxy) is 3. The maximum atomic E-state index is 8.62. The van der Waals surface area contributed by atoms with Crippen molar-refractivity contribution in [1.29, 1.82) is 0 Å². The van der Waals surface area contributed by atoms with E-state index in [-0.39, 0.29) is 25.1 Å². The highest BCUT2D eigenvalue weighted by Gasteiger charge is 2.22. The van der Waals surface area contributed by atoms with E-state index >= 15 is 0 Å². The summed E-state index contributed by atoms with van der Waals surface area (Å²) in [6.45, 7) is 5.60. The molecule has 0 spiro atoms. The molecular weight excluding hydrogens is 316 g/mol. The molecular formula is C21H32O4. The van der Waals surface area contributed by atoms with Gasteiger partial charge in [0.2, 0.25) is 0 Å². The van der Waals surface area contributed by atoms with Crippen molar-refractivity contribution in [3.8, 4) is 11.8 Å². The molecule has 0 aromatic rings. The molecule has 0 aliphatic carbocycles. The van der Waals surface area contributed by atoms with Gasteiger partial charge in [0.15, 0.2) is 6.29 Å². The first-order valence-electron chi connectivity index (χ1n) is 9.50. The molecule has 0 saturated carbocycles. The van der Waals surface area contributed by atoms with Gasteiger partial charge in [0.1, 0.15) is 6.61 Å². The zero-order valence-corrected chi connectivity index (χ0v) is 15.6. The molecule has 3 atom stereocenters. The lowest BCUT2D eigenvalue weighted by molar-refractivity contribution is -0.156. The molecule has 2 heterocycles. The number of aliphatic hydroxyl groups excluding tert-OH is 1. The van der Waals surface area contributed by atoms with Crippen LogP contribution in [0.5, 0.6) is 0 Å². The molecule has 2 aliphatic rings. The second kappa shape index (κ2) is 11.5. The highest BCUT2D eigenvalue weighted by molar-refractivity contribution is 5.20. The second-order valence-electron chi connectivity index (χ2n) is 6.88. The number of rotatable bonds is 8. The Morgan fingerprint density at radius 1 is 1.36 bits per heavy atom. The van der Waals surface area contributed by atoms with E-state index in [1.807, 2.05) is 0 Å². The maximum Gasteiger partial charge on any atom is 0.158 e. The molecule has 0 aromatic carbocycles. The summed E-state index contributed by atoms with van der Waals surface area (Å²) in [6.07, 6.45) is 11.9. The Hall–Kier alpha value is -1.12. The summed E-state index contributed by atoms with van der Waals surface area (Å²) < 4.78 is 17.6. The Balaban J connectivity index is 1.66. The summed E-state index contributed by atoms with van der Waals surface area (Å²) in [5, 5.41) is 8.62. The summed E-state index contributed by atoms with van der Waals surface area (Å²) in [4.78, 5) is 0. The molecule has 2 aliphatic heterocycles. The van der Waals surface area contributed by atoms with Gasteiger partial charge in [-0.3, -0.25) is 0 Å². The lowest BCUT2D eigenvalue weighted by Crippen LogP contribution is -2.23. The lowest BCUT2D eigenvalue weighted by atomic mass is 10.1. The second-order valence-corrected chi connectivity index (χ2v) is 6.88. The third-order valence-corrected chi connectivity index (χ3v) is 4.56. The Labute approximate surface area is 152 Å². The predicted octanol–water partition coefficient (Wildman–Crippen LogP) is 3.75. The number of aliphatic hydroxyl groups is 1. The predicted molar refractivity (Wildman–Crippen MR) is 99.0 cm³/mol. The van der Waals surface area contributed by atoms with Crippen molar-refractivity contribution in [3.63, 3.8) is 0 Å². The van der Waals surface area contributed by atoms with Crippen LogP contribution >= 0.6 is 0 Å². The molecule has 25 heavy (non-hydrogen) atoms. The van der Waals surface area contributed by atoms with Crippen molar-refractivity contribution in [1.82, 2.24) is 0 Å². The first-order valence-corrected chi connectivity index (χ1v) is 9.50. The van der Waals surface area contributed by atoms with E-state index in [2.05, 4.69) is 37.8 Å². The van der Waals surface area contributed by atoms with Crippen LogP contribution < -0.4 is 0 Å². The quantitative estimate of drug-likeness (QED) is 0.412. The van der Waals surface area contributed by atoms with E-state index < -0.39 is 0 Å². The smallest absolute Gasteiger partial charge is 0.158 e. The van der Waals surface area contributed by atoms with Gasteiger partial charge in [-0.1, -0.05) is 18.1 Å². The summed E-state index contributed by atoms with van der Waals surface area (Å²) in [7, 11) is 0. The largest absolute Gasteiger partial charge is 0.384 e. The molecule has 1 N–H and O–H groups in total. The van der Waals surface area contributed by atoms with Crippen LogP contribution in [0.25, 0.3) is 0 Å². The molecule has 2 rings (SSSR count). The molecule has 0 bridgehead atoms. The fraction of sp³-hybridized carbons (Fsp3) is 0.714. The molecule has 0 aromatic heterocycles. The molecule has 1 saturated heterocycles. The number of unbranched alkanes of at least 4 members (excludes halogenated alkanes) is 2. The highest BCUT2D eigenvalue weighted by Crippen LogP contribution is 2.25. The molecule has 4 nitrogen and oxygen atoms in total. The van der Waals surface area contributed by atoms with Crippen LogP contribution in [0.1, 0.15) is 58.8 Å². The van der Waals surface area contributed by atoms with Crippen molar-refractivity contribution in [2.75, 3.05) is 19.8 Å². The highest BCUT2D eigenvalue weighted by atomic mass is 16.7. The van der Waals surface area contributed by atoms with Crippen LogP contribution in [-0.4, -0.2) is 43.4 Å². The zero-order chi connectivity index (χ0) is 17.9. The van der Waals surface area contributed by atoms with E-state index in [1.165, 1.54) is 17.6 Å². The van der Waals surface area contributed by atoms with Gasteiger partial charge >= 0.3 is 0 Å². The monoisotopic (exact) mass is 348 g/mol. The fourth-order valence-corrected chi connectivity index (χ4v) is 3.17. The molecule has 0 amide bonds. The van der Waals surface area contributed by atoms with Crippen LogP contribution in [0.2, 0.25) is 0 Å². The first-order chi connectivity index (χ1) is 12.2. The average molecular weight is 348 g/mol. The minimum atomic E-state index is -0.0441. The van der Waals surface area contributed by atoms with E-state index in [1.54, 1.807) is 0 Å². The molecule has 1 unspecified atom stereocenters. The molecule has 1 fully saturated rings. The van der Waals surface area contributed by atoms with Crippen molar-refractivity contribution < 1.29 is 19.3 Å².